The number of amides is 1. The van der Waals surface area contributed by atoms with Crippen molar-refractivity contribution in [2.45, 2.75) is 0 Å². The van der Waals surface area contributed by atoms with Crippen molar-refractivity contribution in [1.82, 2.24) is 0 Å². The molecule has 5 nitrogen and oxygen atoms in total. The van der Waals surface area contributed by atoms with Crippen LogP contribution < -0.4 is 15.4 Å². The number of carbonyl (C=O) groups is 1. The summed E-state index contributed by atoms with van der Waals surface area (Å²) in [5.74, 6) is -0.000819. The number of methoxy groups -OCH3 is 1. The summed E-state index contributed by atoms with van der Waals surface area (Å²) in [5, 5.41) is 15.6. The molecule has 24 heavy (non-hydrogen) atoms. The molecule has 0 bridgehead atoms. The van der Waals surface area contributed by atoms with Crippen LogP contribution in [0.1, 0.15) is 0 Å². The minimum absolute atomic E-state index is 0.0862. The van der Waals surface area contributed by atoms with Gasteiger partial charge in [-0.1, -0.05) is 23.2 Å². The van der Waals surface area contributed by atoms with Crippen molar-refractivity contribution in [3.05, 3.63) is 64.3 Å². The van der Waals surface area contributed by atoms with Crippen molar-refractivity contribution >= 4 is 40.5 Å². The number of halogens is 2. The van der Waals surface area contributed by atoms with Crippen molar-refractivity contribution in [3.8, 4) is 11.8 Å². The summed E-state index contributed by atoms with van der Waals surface area (Å²) in [6, 6.07) is 13.4. The van der Waals surface area contributed by atoms with E-state index in [1.54, 1.807) is 42.5 Å². The number of anilines is 2. The summed E-state index contributed by atoms with van der Waals surface area (Å²) in [7, 11) is 1.52. The lowest BCUT2D eigenvalue weighted by Crippen LogP contribution is -2.14. The lowest BCUT2D eigenvalue weighted by molar-refractivity contribution is -0.112. The molecule has 122 valence electrons. The highest BCUT2D eigenvalue weighted by molar-refractivity contribution is 6.32. The van der Waals surface area contributed by atoms with Gasteiger partial charge in [-0.25, -0.2) is 0 Å². The van der Waals surface area contributed by atoms with Crippen LogP contribution in [0, 0.1) is 11.3 Å². The number of hydrogen-bond acceptors (Lipinski definition) is 4. The van der Waals surface area contributed by atoms with Gasteiger partial charge in [-0.05, 0) is 42.5 Å². The van der Waals surface area contributed by atoms with Crippen molar-refractivity contribution in [1.29, 1.82) is 5.26 Å². The van der Waals surface area contributed by atoms with Crippen molar-refractivity contribution in [3.63, 3.8) is 0 Å². The normalized spacial score (nSPS) is 10.7. The molecule has 0 aromatic heterocycles. The fourth-order valence-electron chi connectivity index (χ4n) is 1.79. The molecular weight excluding hydrogens is 349 g/mol. The highest BCUT2D eigenvalue weighted by Gasteiger charge is 2.09. The van der Waals surface area contributed by atoms with Gasteiger partial charge in [0, 0.05) is 22.6 Å². The Morgan fingerprint density at radius 3 is 2.42 bits per heavy atom. The van der Waals surface area contributed by atoms with Crippen LogP contribution >= 0.6 is 23.2 Å². The zero-order valence-corrected chi connectivity index (χ0v) is 14.2. The van der Waals surface area contributed by atoms with Crippen molar-refractivity contribution in [2.24, 2.45) is 0 Å². The molecule has 0 saturated carbocycles. The minimum atomic E-state index is -0.535. The Morgan fingerprint density at radius 1 is 1.17 bits per heavy atom. The molecule has 2 N–H and O–H groups in total. The number of nitrogens with zero attached hydrogens (tertiary/aromatic N) is 1. The van der Waals surface area contributed by atoms with Crippen molar-refractivity contribution < 1.29 is 9.53 Å². The van der Waals surface area contributed by atoms with Crippen LogP contribution in [0.2, 0.25) is 10.0 Å². The van der Waals surface area contributed by atoms with E-state index in [0.29, 0.717) is 27.2 Å². The summed E-state index contributed by atoms with van der Waals surface area (Å²) in [6.07, 6.45) is 1.31. The van der Waals surface area contributed by atoms with E-state index < -0.39 is 5.91 Å². The maximum absolute atomic E-state index is 12.1. The molecule has 0 saturated heterocycles. The fraction of sp³-hybridized carbons (Fsp3) is 0.0588. The zero-order valence-electron chi connectivity index (χ0n) is 12.6. The summed E-state index contributed by atoms with van der Waals surface area (Å²) in [4.78, 5) is 12.1. The number of carbonyl (C=O) groups excluding carboxylic acids is 1. The number of rotatable bonds is 5. The molecule has 0 aliphatic heterocycles. The molecule has 0 spiro atoms. The molecule has 0 aliphatic carbocycles. The third kappa shape index (κ3) is 4.66. The zero-order chi connectivity index (χ0) is 17.5. The van der Waals surface area contributed by atoms with Gasteiger partial charge in [0.15, 0.2) is 0 Å². The Balaban J connectivity index is 2.08. The highest BCUT2D eigenvalue weighted by atomic mass is 35.5. The molecule has 7 heteroatoms. The van der Waals surface area contributed by atoms with Crippen LogP contribution in [-0.2, 0) is 4.79 Å². The van der Waals surface area contributed by atoms with E-state index in [-0.39, 0.29) is 5.57 Å². The third-order valence-corrected chi connectivity index (χ3v) is 3.55. The fourth-order valence-corrected chi connectivity index (χ4v) is 2.18. The summed E-state index contributed by atoms with van der Waals surface area (Å²) in [6.45, 7) is 0. The molecule has 2 rings (SSSR count). The Hall–Kier alpha value is -2.68. The summed E-state index contributed by atoms with van der Waals surface area (Å²) in [5.41, 5.74) is 1.07. The first kappa shape index (κ1) is 17.7. The second-order valence-corrected chi connectivity index (χ2v) is 5.47. The smallest absolute Gasteiger partial charge is 0.267 e. The molecule has 2 aromatic rings. The standard InChI is InChI=1S/C17H13Cl2N3O2/c1-24-16-7-6-14(8-15(16)19)21-10-11(9-20)17(23)22-13-4-2-12(18)3-5-13/h2-8,10,21H,1H3,(H,22,23)/b11-10-. The molecule has 2 aromatic carbocycles. The number of nitriles is 1. The van der Waals surface area contributed by atoms with E-state index in [0.717, 1.165) is 0 Å². The van der Waals surface area contributed by atoms with Gasteiger partial charge in [0.1, 0.15) is 17.4 Å². The van der Waals surface area contributed by atoms with Crippen LogP contribution in [-0.4, -0.2) is 13.0 Å². The Morgan fingerprint density at radius 2 is 1.83 bits per heavy atom. The van der Waals surface area contributed by atoms with E-state index in [4.69, 9.17) is 33.2 Å². The van der Waals surface area contributed by atoms with Gasteiger partial charge in [-0.3, -0.25) is 4.79 Å². The van der Waals surface area contributed by atoms with E-state index >= 15 is 0 Å². The van der Waals surface area contributed by atoms with E-state index in [9.17, 15) is 4.79 Å². The minimum Gasteiger partial charge on any atom is -0.495 e. The molecular formula is C17H13Cl2N3O2. The molecule has 0 radical (unpaired) electrons. The highest BCUT2D eigenvalue weighted by Crippen LogP contribution is 2.27. The largest absolute Gasteiger partial charge is 0.495 e. The lowest BCUT2D eigenvalue weighted by Gasteiger charge is -2.07. The summed E-state index contributed by atoms with van der Waals surface area (Å²) < 4.78 is 5.06. The lowest BCUT2D eigenvalue weighted by atomic mass is 10.2. The molecule has 0 heterocycles. The van der Waals surface area contributed by atoms with Gasteiger partial charge in [-0.2, -0.15) is 5.26 Å². The second-order valence-electron chi connectivity index (χ2n) is 4.62. The number of benzene rings is 2. The second kappa shape index (κ2) is 8.25. The molecule has 0 aliphatic rings. The predicted octanol–water partition coefficient (Wildman–Crippen LogP) is 4.46. The first-order valence-corrected chi connectivity index (χ1v) is 7.56. The first-order valence-electron chi connectivity index (χ1n) is 6.80. The van der Waals surface area contributed by atoms with E-state index in [2.05, 4.69) is 10.6 Å². The van der Waals surface area contributed by atoms with E-state index in [1.165, 1.54) is 13.3 Å². The number of hydrogen-bond donors (Lipinski definition) is 2. The number of nitrogens with one attached hydrogen (secondary N) is 2. The SMILES string of the molecule is COc1ccc(N/C=C(/C#N)C(=O)Nc2ccc(Cl)cc2)cc1Cl. The van der Waals surface area contributed by atoms with Gasteiger partial charge in [0.05, 0.1) is 12.1 Å². The van der Waals surface area contributed by atoms with Gasteiger partial charge < -0.3 is 15.4 Å². The first-order chi connectivity index (χ1) is 11.5. The number of ether oxygens (including phenoxy) is 1. The van der Waals surface area contributed by atoms with Crippen LogP contribution in [0.5, 0.6) is 5.75 Å². The molecule has 0 unspecified atom stereocenters. The maximum atomic E-state index is 12.1. The van der Waals surface area contributed by atoms with Crippen LogP contribution in [0.4, 0.5) is 11.4 Å². The maximum Gasteiger partial charge on any atom is 0.267 e. The summed E-state index contributed by atoms with van der Waals surface area (Å²) >= 11 is 11.8. The predicted molar refractivity (Wildman–Crippen MR) is 95.4 cm³/mol. The third-order valence-electron chi connectivity index (χ3n) is 3.00. The Labute approximate surface area is 149 Å². The molecule has 0 atom stereocenters. The molecule has 1 amide bonds. The molecule has 0 fully saturated rings. The van der Waals surface area contributed by atoms with Crippen molar-refractivity contribution in [2.75, 3.05) is 17.7 Å². The van der Waals surface area contributed by atoms with Gasteiger partial charge in [-0.15, -0.1) is 0 Å². The monoisotopic (exact) mass is 361 g/mol. The average Bonchev–Trinajstić information content (AvgIpc) is 2.57. The Kier molecular flexibility index (Phi) is 6.07. The van der Waals surface area contributed by atoms with Crippen LogP contribution in [0.3, 0.4) is 0 Å². The Bertz CT molecular complexity index is 812. The topological polar surface area (TPSA) is 74.1 Å². The quantitative estimate of drug-likeness (QED) is 0.608. The van der Waals surface area contributed by atoms with Gasteiger partial charge >= 0.3 is 0 Å². The van der Waals surface area contributed by atoms with Crippen LogP contribution in [0.15, 0.2) is 54.2 Å². The van der Waals surface area contributed by atoms with E-state index in [1.807, 2.05) is 6.07 Å². The van der Waals surface area contributed by atoms with Crippen LogP contribution in [0.25, 0.3) is 0 Å². The average molecular weight is 362 g/mol. The van der Waals surface area contributed by atoms with Gasteiger partial charge in [0.2, 0.25) is 0 Å². The van der Waals surface area contributed by atoms with Gasteiger partial charge in [0.25, 0.3) is 5.91 Å².